The molecule has 0 atom stereocenters. The van der Waals surface area contributed by atoms with E-state index in [2.05, 4.69) is 16.2 Å². The number of aromatic nitrogens is 2. The molecule has 1 N–H and O–H groups in total. The second-order valence-corrected chi connectivity index (χ2v) is 3.95. The molecule has 0 amide bonds. The SMILES string of the molecule is C#CCCCNc1nccn(C2CC2)c1=O. The molecule has 0 radical (unpaired) electrons. The van der Waals surface area contributed by atoms with Gasteiger partial charge in [0, 0.05) is 31.4 Å². The first-order chi connectivity index (χ1) is 7.83. The van der Waals surface area contributed by atoms with Crippen LogP contribution in [-0.4, -0.2) is 16.1 Å². The van der Waals surface area contributed by atoms with Crippen molar-refractivity contribution < 1.29 is 0 Å². The zero-order valence-corrected chi connectivity index (χ0v) is 9.15. The Hall–Kier alpha value is -1.76. The highest BCUT2D eigenvalue weighted by Crippen LogP contribution is 2.33. The summed E-state index contributed by atoms with van der Waals surface area (Å²) in [5.41, 5.74) is -0.0225. The van der Waals surface area contributed by atoms with Crippen LogP contribution in [0, 0.1) is 12.3 Å². The van der Waals surface area contributed by atoms with Crippen molar-refractivity contribution in [3.05, 3.63) is 22.7 Å². The van der Waals surface area contributed by atoms with Gasteiger partial charge in [0.2, 0.25) is 0 Å². The third kappa shape index (κ3) is 2.43. The van der Waals surface area contributed by atoms with E-state index in [0.717, 1.165) is 25.7 Å². The average Bonchev–Trinajstić information content (AvgIpc) is 3.10. The Labute approximate surface area is 94.7 Å². The third-order valence-electron chi connectivity index (χ3n) is 2.60. The highest BCUT2D eigenvalue weighted by Gasteiger charge is 2.25. The van der Waals surface area contributed by atoms with Crippen molar-refractivity contribution in [2.24, 2.45) is 0 Å². The van der Waals surface area contributed by atoms with E-state index in [1.165, 1.54) is 0 Å². The molecule has 0 unspecified atom stereocenters. The molecule has 1 fully saturated rings. The zero-order chi connectivity index (χ0) is 11.4. The van der Waals surface area contributed by atoms with E-state index in [4.69, 9.17) is 6.42 Å². The minimum absolute atomic E-state index is 0.0225. The van der Waals surface area contributed by atoms with Crippen molar-refractivity contribution in [3.8, 4) is 12.3 Å². The number of rotatable bonds is 5. The second kappa shape index (κ2) is 4.84. The Morgan fingerprint density at radius 1 is 1.62 bits per heavy atom. The summed E-state index contributed by atoms with van der Waals surface area (Å²) in [5.74, 6) is 3.00. The number of hydrogen-bond acceptors (Lipinski definition) is 3. The average molecular weight is 217 g/mol. The van der Waals surface area contributed by atoms with Gasteiger partial charge in [-0.05, 0) is 19.3 Å². The topological polar surface area (TPSA) is 46.9 Å². The number of terminal acetylenes is 1. The van der Waals surface area contributed by atoms with Crippen LogP contribution in [0.25, 0.3) is 0 Å². The van der Waals surface area contributed by atoms with E-state index in [0.29, 0.717) is 18.4 Å². The molecule has 1 aromatic heterocycles. The van der Waals surface area contributed by atoms with Gasteiger partial charge < -0.3 is 9.88 Å². The molecule has 4 nitrogen and oxygen atoms in total. The highest BCUT2D eigenvalue weighted by molar-refractivity contribution is 5.31. The Morgan fingerprint density at radius 3 is 3.12 bits per heavy atom. The molecule has 1 heterocycles. The molecule has 2 rings (SSSR count). The van der Waals surface area contributed by atoms with Gasteiger partial charge in [0.15, 0.2) is 5.82 Å². The molecule has 1 aromatic rings. The van der Waals surface area contributed by atoms with Gasteiger partial charge in [0.1, 0.15) is 0 Å². The standard InChI is InChI=1S/C12H15N3O/c1-2-3-4-7-13-11-12(16)15(9-8-14-11)10-5-6-10/h1,8-10H,3-7H2,(H,13,14). The van der Waals surface area contributed by atoms with E-state index >= 15 is 0 Å². The first-order valence-corrected chi connectivity index (χ1v) is 5.57. The summed E-state index contributed by atoms with van der Waals surface area (Å²) in [6.07, 6.45) is 12.3. The molecule has 16 heavy (non-hydrogen) atoms. The van der Waals surface area contributed by atoms with Crippen LogP contribution < -0.4 is 10.9 Å². The smallest absolute Gasteiger partial charge is 0.293 e. The van der Waals surface area contributed by atoms with Crippen LogP contribution in [-0.2, 0) is 0 Å². The van der Waals surface area contributed by atoms with Gasteiger partial charge in [-0.2, -0.15) is 0 Å². The Balaban J connectivity index is 2.01. The molecule has 1 saturated carbocycles. The Bertz CT molecular complexity index is 454. The Kier molecular flexibility index (Phi) is 3.25. The second-order valence-electron chi connectivity index (χ2n) is 3.95. The third-order valence-corrected chi connectivity index (χ3v) is 2.60. The first kappa shape index (κ1) is 10.7. The van der Waals surface area contributed by atoms with E-state index in [1.54, 1.807) is 17.0 Å². The maximum atomic E-state index is 11.9. The van der Waals surface area contributed by atoms with Crippen molar-refractivity contribution in [2.45, 2.75) is 31.7 Å². The maximum Gasteiger partial charge on any atom is 0.293 e. The van der Waals surface area contributed by atoms with Crippen molar-refractivity contribution in [2.75, 3.05) is 11.9 Å². The number of anilines is 1. The summed E-state index contributed by atoms with van der Waals surface area (Å²) in [6.45, 7) is 0.696. The fourth-order valence-corrected chi connectivity index (χ4v) is 1.58. The van der Waals surface area contributed by atoms with E-state index in [-0.39, 0.29) is 5.56 Å². The quantitative estimate of drug-likeness (QED) is 0.599. The fourth-order valence-electron chi connectivity index (χ4n) is 1.58. The molecule has 0 saturated heterocycles. The molecule has 1 aliphatic rings. The first-order valence-electron chi connectivity index (χ1n) is 5.57. The van der Waals surface area contributed by atoms with E-state index in [9.17, 15) is 4.79 Å². The van der Waals surface area contributed by atoms with Gasteiger partial charge >= 0.3 is 0 Å². The van der Waals surface area contributed by atoms with Crippen LogP contribution in [0.3, 0.4) is 0 Å². The molecule has 4 heteroatoms. The highest BCUT2D eigenvalue weighted by atomic mass is 16.1. The predicted octanol–water partition coefficient (Wildman–Crippen LogP) is 1.40. The molecule has 1 aliphatic carbocycles. The van der Waals surface area contributed by atoms with Crippen molar-refractivity contribution in [3.63, 3.8) is 0 Å². The van der Waals surface area contributed by atoms with Crippen molar-refractivity contribution >= 4 is 5.82 Å². The van der Waals surface area contributed by atoms with Crippen molar-refractivity contribution in [1.29, 1.82) is 0 Å². The van der Waals surface area contributed by atoms with Crippen molar-refractivity contribution in [1.82, 2.24) is 9.55 Å². The maximum absolute atomic E-state index is 11.9. The van der Waals surface area contributed by atoms with Crippen LogP contribution in [0.2, 0.25) is 0 Å². The fraction of sp³-hybridized carbons (Fsp3) is 0.500. The summed E-state index contributed by atoms with van der Waals surface area (Å²) >= 11 is 0. The Morgan fingerprint density at radius 2 is 2.44 bits per heavy atom. The number of unbranched alkanes of at least 4 members (excludes halogenated alkanes) is 1. The van der Waals surface area contributed by atoms with Gasteiger partial charge in [0.25, 0.3) is 5.56 Å². The van der Waals surface area contributed by atoms with Crippen LogP contribution >= 0.6 is 0 Å². The lowest BCUT2D eigenvalue weighted by atomic mass is 10.3. The van der Waals surface area contributed by atoms with E-state index < -0.39 is 0 Å². The number of nitrogens with zero attached hydrogens (tertiary/aromatic N) is 2. The lowest BCUT2D eigenvalue weighted by molar-refractivity contribution is 0.698. The predicted molar refractivity (Wildman–Crippen MR) is 63.3 cm³/mol. The van der Waals surface area contributed by atoms with Gasteiger partial charge in [-0.15, -0.1) is 12.3 Å². The normalized spacial score (nSPS) is 14.4. The molecule has 0 spiro atoms. The minimum Gasteiger partial charge on any atom is -0.365 e. The van der Waals surface area contributed by atoms with Crippen LogP contribution in [0.15, 0.2) is 17.2 Å². The van der Waals surface area contributed by atoms with Crippen LogP contribution in [0.1, 0.15) is 31.7 Å². The van der Waals surface area contributed by atoms with Crippen LogP contribution in [0.4, 0.5) is 5.82 Å². The molecular weight excluding hydrogens is 202 g/mol. The van der Waals surface area contributed by atoms with Gasteiger partial charge in [0.05, 0.1) is 0 Å². The van der Waals surface area contributed by atoms with Gasteiger partial charge in [-0.25, -0.2) is 4.98 Å². The lowest BCUT2D eigenvalue weighted by Crippen LogP contribution is -2.24. The summed E-state index contributed by atoms with van der Waals surface area (Å²) in [6, 6.07) is 0.391. The largest absolute Gasteiger partial charge is 0.365 e. The number of hydrogen-bond donors (Lipinski definition) is 1. The summed E-state index contributed by atoms with van der Waals surface area (Å²) in [5, 5.41) is 3.03. The molecule has 0 aromatic carbocycles. The molecule has 0 bridgehead atoms. The molecule has 84 valence electrons. The minimum atomic E-state index is -0.0225. The molecule has 0 aliphatic heterocycles. The molecular formula is C12H15N3O. The summed E-state index contributed by atoms with van der Waals surface area (Å²) in [7, 11) is 0. The van der Waals surface area contributed by atoms with Gasteiger partial charge in [-0.3, -0.25) is 4.79 Å². The van der Waals surface area contributed by atoms with E-state index in [1.807, 2.05) is 0 Å². The lowest BCUT2D eigenvalue weighted by Gasteiger charge is -2.07. The monoisotopic (exact) mass is 217 g/mol. The van der Waals surface area contributed by atoms with Gasteiger partial charge in [-0.1, -0.05) is 0 Å². The summed E-state index contributed by atoms with van der Waals surface area (Å²) < 4.78 is 1.76. The summed E-state index contributed by atoms with van der Waals surface area (Å²) in [4.78, 5) is 16.0. The number of nitrogens with one attached hydrogen (secondary N) is 1. The zero-order valence-electron chi connectivity index (χ0n) is 9.15. The van der Waals surface area contributed by atoms with Crippen LogP contribution in [0.5, 0.6) is 0 Å².